The Morgan fingerprint density at radius 2 is 2.50 bits per heavy atom. The average Bonchev–Trinajstić information content (AvgIpc) is 2.25. The highest BCUT2D eigenvalue weighted by molar-refractivity contribution is 5.75. The van der Waals surface area contributed by atoms with Crippen LogP contribution >= 0.6 is 0 Å². The fraction of sp³-hybridized carbons (Fsp3) is 0.727. The zero-order valence-corrected chi connectivity index (χ0v) is 8.87. The van der Waals surface area contributed by atoms with Gasteiger partial charge in [0.25, 0.3) is 0 Å². The summed E-state index contributed by atoms with van der Waals surface area (Å²) in [5.74, 6) is 0.233. The van der Waals surface area contributed by atoms with E-state index < -0.39 is 0 Å². The summed E-state index contributed by atoms with van der Waals surface area (Å²) in [4.78, 5) is 13.3. The van der Waals surface area contributed by atoms with Gasteiger partial charge < -0.3 is 9.64 Å². The van der Waals surface area contributed by atoms with Gasteiger partial charge in [-0.3, -0.25) is 4.79 Å². The van der Waals surface area contributed by atoms with Crippen LogP contribution in [-0.4, -0.2) is 36.6 Å². The van der Waals surface area contributed by atoms with Crippen molar-refractivity contribution in [2.75, 3.05) is 19.7 Å². The number of nitrogens with zero attached hydrogens (tertiary/aromatic N) is 1. The molecule has 0 aromatic heterocycles. The first-order valence-corrected chi connectivity index (χ1v) is 5.28. The van der Waals surface area contributed by atoms with E-state index >= 15 is 0 Å². The van der Waals surface area contributed by atoms with E-state index in [0.717, 1.165) is 25.9 Å². The third-order valence-corrected chi connectivity index (χ3v) is 2.48. The van der Waals surface area contributed by atoms with Crippen molar-refractivity contribution in [1.29, 1.82) is 0 Å². The van der Waals surface area contributed by atoms with Crippen molar-refractivity contribution in [2.24, 2.45) is 0 Å². The minimum Gasteiger partial charge on any atom is -0.372 e. The molecule has 3 nitrogen and oxygen atoms in total. The topological polar surface area (TPSA) is 29.5 Å². The highest BCUT2D eigenvalue weighted by Gasteiger charge is 2.22. The largest absolute Gasteiger partial charge is 0.372 e. The molecular formula is C11H19NO2. The van der Waals surface area contributed by atoms with Crippen molar-refractivity contribution in [2.45, 2.75) is 32.3 Å². The number of amides is 1. The molecule has 1 unspecified atom stereocenters. The van der Waals surface area contributed by atoms with E-state index in [1.165, 1.54) is 0 Å². The zero-order valence-electron chi connectivity index (χ0n) is 8.87. The molecule has 80 valence electrons. The molecular weight excluding hydrogens is 178 g/mol. The lowest BCUT2D eigenvalue weighted by Crippen LogP contribution is -2.42. The standard InChI is InChI=1S/C11H19NO2/c1-3-8-14-10-6-5-7-12(9-10)11(13)4-2/h3,10H,1,4-9H2,2H3. The molecule has 1 saturated heterocycles. The molecule has 0 spiro atoms. The Morgan fingerprint density at radius 3 is 3.14 bits per heavy atom. The van der Waals surface area contributed by atoms with Gasteiger partial charge in [0.2, 0.25) is 5.91 Å². The van der Waals surface area contributed by atoms with Crippen molar-refractivity contribution in [1.82, 2.24) is 4.90 Å². The summed E-state index contributed by atoms with van der Waals surface area (Å²) in [6.07, 6.45) is 4.65. The van der Waals surface area contributed by atoms with Gasteiger partial charge >= 0.3 is 0 Å². The first-order valence-electron chi connectivity index (χ1n) is 5.28. The lowest BCUT2D eigenvalue weighted by Gasteiger charge is -2.32. The molecule has 1 rings (SSSR count). The molecule has 1 aliphatic rings. The molecule has 1 amide bonds. The fourth-order valence-electron chi connectivity index (χ4n) is 1.73. The quantitative estimate of drug-likeness (QED) is 0.640. The highest BCUT2D eigenvalue weighted by Crippen LogP contribution is 2.13. The molecule has 1 fully saturated rings. The van der Waals surface area contributed by atoms with Gasteiger partial charge in [0.1, 0.15) is 0 Å². The molecule has 0 bridgehead atoms. The van der Waals surface area contributed by atoms with E-state index in [-0.39, 0.29) is 12.0 Å². The molecule has 0 N–H and O–H groups in total. The molecule has 0 aliphatic carbocycles. The van der Waals surface area contributed by atoms with E-state index in [2.05, 4.69) is 6.58 Å². The molecule has 0 saturated carbocycles. The van der Waals surface area contributed by atoms with Crippen molar-refractivity contribution < 1.29 is 9.53 Å². The number of carbonyl (C=O) groups excluding carboxylic acids is 1. The zero-order chi connectivity index (χ0) is 10.4. The average molecular weight is 197 g/mol. The summed E-state index contributed by atoms with van der Waals surface area (Å²) >= 11 is 0. The van der Waals surface area contributed by atoms with Crippen LogP contribution < -0.4 is 0 Å². The van der Waals surface area contributed by atoms with Crippen LogP contribution in [0.3, 0.4) is 0 Å². The maximum atomic E-state index is 11.4. The predicted molar refractivity (Wildman–Crippen MR) is 56.0 cm³/mol. The minimum absolute atomic E-state index is 0.206. The van der Waals surface area contributed by atoms with Crippen LogP contribution in [0.2, 0.25) is 0 Å². The van der Waals surface area contributed by atoms with Crippen LogP contribution in [0.5, 0.6) is 0 Å². The monoisotopic (exact) mass is 197 g/mol. The maximum absolute atomic E-state index is 11.4. The van der Waals surface area contributed by atoms with Crippen molar-refractivity contribution >= 4 is 5.91 Å². The number of rotatable bonds is 4. The maximum Gasteiger partial charge on any atom is 0.222 e. The second-order valence-electron chi connectivity index (χ2n) is 3.58. The highest BCUT2D eigenvalue weighted by atomic mass is 16.5. The summed E-state index contributed by atoms with van der Waals surface area (Å²) in [6.45, 7) is 7.73. The number of hydrogen-bond donors (Lipinski definition) is 0. The molecule has 1 heterocycles. The number of hydrogen-bond acceptors (Lipinski definition) is 2. The third-order valence-electron chi connectivity index (χ3n) is 2.48. The summed E-state index contributed by atoms with van der Waals surface area (Å²) in [7, 11) is 0. The number of likely N-dealkylation sites (tertiary alicyclic amines) is 1. The Bertz CT molecular complexity index is 203. The molecule has 0 aromatic carbocycles. The van der Waals surface area contributed by atoms with Crippen LogP contribution in [0, 0.1) is 0 Å². The van der Waals surface area contributed by atoms with Gasteiger partial charge in [0, 0.05) is 19.5 Å². The van der Waals surface area contributed by atoms with Crippen molar-refractivity contribution in [3.05, 3.63) is 12.7 Å². The van der Waals surface area contributed by atoms with Gasteiger partial charge in [-0.2, -0.15) is 0 Å². The van der Waals surface area contributed by atoms with E-state index in [1.54, 1.807) is 6.08 Å². The molecule has 0 radical (unpaired) electrons. The lowest BCUT2D eigenvalue weighted by molar-refractivity contribution is -0.134. The van der Waals surface area contributed by atoms with Crippen LogP contribution in [0.4, 0.5) is 0 Å². The van der Waals surface area contributed by atoms with Gasteiger partial charge in [0.15, 0.2) is 0 Å². The molecule has 3 heteroatoms. The van der Waals surface area contributed by atoms with E-state index in [1.807, 2.05) is 11.8 Å². The Hall–Kier alpha value is -0.830. The first kappa shape index (κ1) is 11.2. The fourth-order valence-corrected chi connectivity index (χ4v) is 1.73. The molecule has 14 heavy (non-hydrogen) atoms. The second-order valence-corrected chi connectivity index (χ2v) is 3.58. The minimum atomic E-state index is 0.206. The predicted octanol–water partition coefficient (Wildman–Crippen LogP) is 1.59. The molecule has 1 atom stereocenters. The van der Waals surface area contributed by atoms with E-state index in [4.69, 9.17) is 4.74 Å². The summed E-state index contributed by atoms with van der Waals surface area (Å²) in [6, 6.07) is 0. The Labute approximate surface area is 85.7 Å². The Kier molecular flexibility index (Phi) is 4.66. The first-order chi connectivity index (χ1) is 6.77. The van der Waals surface area contributed by atoms with Gasteiger partial charge in [-0.25, -0.2) is 0 Å². The number of carbonyl (C=O) groups is 1. The lowest BCUT2D eigenvalue weighted by atomic mass is 10.1. The van der Waals surface area contributed by atoms with Crippen LogP contribution in [0.1, 0.15) is 26.2 Å². The number of ether oxygens (including phenoxy) is 1. The van der Waals surface area contributed by atoms with Gasteiger partial charge in [-0.1, -0.05) is 13.0 Å². The van der Waals surface area contributed by atoms with Crippen LogP contribution in [0.15, 0.2) is 12.7 Å². The summed E-state index contributed by atoms with van der Waals surface area (Å²) in [5.41, 5.74) is 0. The van der Waals surface area contributed by atoms with Crippen LogP contribution in [-0.2, 0) is 9.53 Å². The second kappa shape index (κ2) is 5.81. The van der Waals surface area contributed by atoms with Crippen LogP contribution in [0.25, 0.3) is 0 Å². The number of piperidine rings is 1. The van der Waals surface area contributed by atoms with Gasteiger partial charge in [-0.15, -0.1) is 6.58 Å². The van der Waals surface area contributed by atoms with E-state index in [0.29, 0.717) is 13.0 Å². The van der Waals surface area contributed by atoms with E-state index in [9.17, 15) is 4.79 Å². The smallest absolute Gasteiger partial charge is 0.222 e. The third kappa shape index (κ3) is 3.14. The summed E-state index contributed by atoms with van der Waals surface area (Å²) < 4.78 is 5.55. The summed E-state index contributed by atoms with van der Waals surface area (Å²) in [5, 5.41) is 0. The Balaban J connectivity index is 2.35. The molecule has 1 aliphatic heterocycles. The van der Waals surface area contributed by atoms with Crippen molar-refractivity contribution in [3.8, 4) is 0 Å². The van der Waals surface area contributed by atoms with Crippen molar-refractivity contribution in [3.63, 3.8) is 0 Å². The molecule has 0 aromatic rings. The normalized spacial score (nSPS) is 22.1. The SMILES string of the molecule is C=CCOC1CCCN(C(=O)CC)C1. The van der Waals surface area contributed by atoms with Gasteiger partial charge in [-0.05, 0) is 12.8 Å². The van der Waals surface area contributed by atoms with Gasteiger partial charge in [0.05, 0.1) is 12.7 Å². The Morgan fingerprint density at radius 1 is 1.71 bits per heavy atom.